The topological polar surface area (TPSA) is 67.8 Å². The van der Waals surface area contributed by atoms with Crippen LogP contribution in [-0.4, -0.2) is 26.9 Å². The largest absolute Gasteiger partial charge is 0.495 e. The first-order chi connectivity index (χ1) is 13.9. The van der Waals surface area contributed by atoms with Crippen molar-refractivity contribution in [2.24, 2.45) is 0 Å². The maximum atomic E-state index is 12.7. The van der Waals surface area contributed by atoms with Gasteiger partial charge in [0.1, 0.15) is 5.75 Å². The summed E-state index contributed by atoms with van der Waals surface area (Å²) in [6.45, 7) is 2.00. The number of ether oxygens (including phenoxy) is 1. The number of hydrogen-bond acceptors (Lipinski definition) is 5. The molecule has 0 amide bonds. The van der Waals surface area contributed by atoms with Gasteiger partial charge >= 0.3 is 6.18 Å². The number of methoxy groups -OCH3 is 1. The van der Waals surface area contributed by atoms with Crippen LogP contribution in [0.3, 0.4) is 0 Å². The van der Waals surface area contributed by atoms with Crippen molar-refractivity contribution in [1.82, 2.24) is 19.7 Å². The number of H-pyrrole nitrogens is 1. The van der Waals surface area contributed by atoms with Gasteiger partial charge in [-0.3, -0.25) is 0 Å². The molecule has 0 bridgehead atoms. The van der Waals surface area contributed by atoms with Crippen molar-refractivity contribution < 1.29 is 17.9 Å². The number of benzene rings is 1. The third-order valence-corrected chi connectivity index (χ3v) is 5.15. The molecule has 0 atom stereocenters. The third-order valence-electron chi connectivity index (χ3n) is 4.36. The molecule has 0 aliphatic rings. The highest BCUT2D eigenvalue weighted by atomic mass is 32.2. The highest BCUT2D eigenvalue weighted by molar-refractivity contribution is 8.00. The van der Waals surface area contributed by atoms with Crippen LogP contribution in [0.4, 0.5) is 18.9 Å². The van der Waals surface area contributed by atoms with E-state index < -0.39 is 11.7 Å². The molecule has 10 heteroatoms. The van der Waals surface area contributed by atoms with Gasteiger partial charge in [-0.05, 0) is 48.7 Å². The van der Waals surface area contributed by atoms with Gasteiger partial charge in [0.25, 0.3) is 0 Å². The molecule has 29 heavy (non-hydrogen) atoms. The van der Waals surface area contributed by atoms with Crippen molar-refractivity contribution in [3.8, 4) is 11.6 Å². The lowest BCUT2D eigenvalue weighted by molar-refractivity contribution is -0.137. The van der Waals surface area contributed by atoms with E-state index in [9.17, 15) is 13.2 Å². The molecule has 0 saturated carbocycles. The lowest BCUT2D eigenvalue weighted by Crippen LogP contribution is -2.03. The molecule has 0 fully saturated rings. The minimum Gasteiger partial charge on any atom is -0.495 e. The zero-order valence-corrected chi connectivity index (χ0v) is 16.2. The maximum Gasteiger partial charge on any atom is 0.419 e. The number of nitrogens with zero attached hydrogens (tertiary/aromatic N) is 3. The fraction of sp³-hybridized carbons (Fsp3) is 0.158. The maximum absolute atomic E-state index is 12.7. The molecule has 2 N–H and O–H groups in total. The van der Waals surface area contributed by atoms with Crippen molar-refractivity contribution in [2.45, 2.75) is 18.0 Å². The molecule has 0 unspecified atom stereocenters. The normalized spacial score (nSPS) is 11.8. The van der Waals surface area contributed by atoms with Crippen LogP contribution in [0.5, 0.6) is 5.75 Å². The zero-order chi connectivity index (χ0) is 20.6. The van der Waals surface area contributed by atoms with Gasteiger partial charge < -0.3 is 14.4 Å². The van der Waals surface area contributed by atoms with E-state index in [0.29, 0.717) is 11.6 Å². The minimum absolute atomic E-state index is 0.297. The molecule has 0 aliphatic heterocycles. The highest BCUT2D eigenvalue weighted by Gasteiger charge is 2.32. The Morgan fingerprint density at radius 2 is 2.00 bits per heavy atom. The Morgan fingerprint density at radius 3 is 2.66 bits per heavy atom. The van der Waals surface area contributed by atoms with Crippen molar-refractivity contribution in [3.63, 3.8) is 0 Å². The first kappa shape index (κ1) is 19.2. The van der Waals surface area contributed by atoms with Crippen molar-refractivity contribution in [3.05, 3.63) is 60.2 Å². The number of hydrogen-bond donors (Lipinski definition) is 2. The minimum atomic E-state index is -4.44. The molecule has 3 heterocycles. The summed E-state index contributed by atoms with van der Waals surface area (Å²) in [6, 6.07) is 7.19. The van der Waals surface area contributed by atoms with Crippen molar-refractivity contribution in [1.29, 1.82) is 0 Å². The van der Waals surface area contributed by atoms with Gasteiger partial charge in [0.15, 0.2) is 5.82 Å². The summed E-state index contributed by atoms with van der Waals surface area (Å²) in [5, 5.41) is 4.75. The zero-order valence-electron chi connectivity index (χ0n) is 15.4. The van der Waals surface area contributed by atoms with E-state index in [1.807, 2.05) is 25.3 Å². The van der Waals surface area contributed by atoms with Crippen LogP contribution in [0.1, 0.15) is 11.1 Å². The lowest BCUT2D eigenvalue weighted by Gasteiger charge is -2.12. The smallest absolute Gasteiger partial charge is 0.419 e. The fourth-order valence-electron chi connectivity index (χ4n) is 2.92. The van der Waals surface area contributed by atoms with Gasteiger partial charge in [0, 0.05) is 34.4 Å². The Labute approximate surface area is 168 Å². The number of aryl methyl sites for hydroxylation is 1. The Morgan fingerprint density at radius 1 is 1.17 bits per heavy atom. The molecule has 0 spiro atoms. The average molecular weight is 419 g/mol. The number of anilines is 1. The molecule has 3 aromatic heterocycles. The number of fused-ring (bicyclic) bond motifs is 1. The van der Waals surface area contributed by atoms with E-state index in [0.717, 1.165) is 44.1 Å². The second-order valence-corrected chi connectivity index (χ2v) is 7.14. The lowest BCUT2D eigenvalue weighted by atomic mass is 10.1. The molecule has 150 valence electrons. The predicted molar refractivity (Wildman–Crippen MR) is 105 cm³/mol. The number of halogens is 3. The summed E-state index contributed by atoms with van der Waals surface area (Å²) in [5.74, 6) is 1.000. The first-order valence-electron chi connectivity index (χ1n) is 8.52. The van der Waals surface area contributed by atoms with Gasteiger partial charge in [-0.1, -0.05) is 0 Å². The molecule has 0 saturated heterocycles. The monoisotopic (exact) mass is 419 g/mol. The third kappa shape index (κ3) is 3.75. The average Bonchev–Trinajstić information content (AvgIpc) is 3.34. The van der Waals surface area contributed by atoms with Crippen LogP contribution >= 0.6 is 11.9 Å². The van der Waals surface area contributed by atoms with Crippen LogP contribution in [0, 0.1) is 6.92 Å². The van der Waals surface area contributed by atoms with Crippen molar-refractivity contribution >= 4 is 28.5 Å². The number of pyridine rings is 1. The van der Waals surface area contributed by atoms with E-state index in [-0.39, 0.29) is 0 Å². The van der Waals surface area contributed by atoms with Gasteiger partial charge in [-0.15, -0.1) is 0 Å². The SMILES string of the molecule is COc1ccc2[nH]cc(C)c2c1NSc1ccc(-n2cc(C(F)(F)F)cn2)nc1. The van der Waals surface area contributed by atoms with Crippen LogP contribution in [0.25, 0.3) is 16.7 Å². The number of aromatic amines is 1. The molecular formula is C19H16F3N5OS. The van der Waals surface area contributed by atoms with Crippen LogP contribution in [-0.2, 0) is 6.18 Å². The summed E-state index contributed by atoms with van der Waals surface area (Å²) in [5.41, 5.74) is 2.08. The highest BCUT2D eigenvalue weighted by Crippen LogP contribution is 2.37. The molecule has 4 rings (SSSR count). The summed E-state index contributed by atoms with van der Waals surface area (Å²) >= 11 is 1.33. The van der Waals surface area contributed by atoms with Crippen molar-refractivity contribution in [2.75, 3.05) is 11.8 Å². The molecule has 0 radical (unpaired) electrons. The molecular weight excluding hydrogens is 403 g/mol. The standard InChI is InChI=1S/C19H16F3N5OS/c1-11-7-23-14-4-5-15(28-2)18(17(11)14)26-29-13-3-6-16(24-9-13)27-10-12(8-25-27)19(20,21)22/h3-10,23,26H,1-2H3. The molecule has 4 aromatic rings. The summed E-state index contributed by atoms with van der Waals surface area (Å²) in [7, 11) is 1.61. The quantitative estimate of drug-likeness (QED) is 0.435. The first-order valence-corrected chi connectivity index (χ1v) is 9.34. The number of nitrogens with one attached hydrogen (secondary N) is 2. The summed E-state index contributed by atoms with van der Waals surface area (Å²) < 4.78 is 48.0. The van der Waals surface area contributed by atoms with Gasteiger partial charge in [-0.2, -0.15) is 18.3 Å². The fourth-order valence-corrected chi connectivity index (χ4v) is 3.58. The Bertz CT molecular complexity index is 1150. The Balaban J connectivity index is 1.54. The Hall–Kier alpha value is -3.14. The van der Waals surface area contributed by atoms with E-state index in [2.05, 4.69) is 19.8 Å². The summed E-state index contributed by atoms with van der Waals surface area (Å²) in [6.07, 6.45) is 0.744. The van der Waals surface area contributed by atoms with Crippen LogP contribution in [0.15, 0.2) is 53.9 Å². The van der Waals surface area contributed by atoms with E-state index in [4.69, 9.17) is 4.74 Å². The Kier molecular flexibility index (Phi) is 4.87. The molecule has 1 aromatic carbocycles. The molecule has 0 aliphatic carbocycles. The second kappa shape index (κ2) is 7.36. The number of aromatic nitrogens is 4. The molecule has 6 nitrogen and oxygen atoms in total. The van der Waals surface area contributed by atoms with E-state index >= 15 is 0 Å². The van der Waals surface area contributed by atoms with Gasteiger partial charge in [0.2, 0.25) is 0 Å². The second-order valence-electron chi connectivity index (χ2n) is 6.26. The summed E-state index contributed by atoms with van der Waals surface area (Å²) in [4.78, 5) is 8.19. The predicted octanol–water partition coefficient (Wildman–Crippen LogP) is 5.20. The van der Waals surface area contributed by atoms with Gasteiger partial charge in [0.05, 0.1) is 24.6 Å². The van der Waals surface area contributed by atoms with E-state index in [1.54, 1.807) is 25.4 Å². The number of rotatable bonds is 5. The van der Waals surface area contributed by atoms with Crippen LogP contribution in [0.2, 0.25) is 0 Å². The van der Waals surface area contributed by atoms with Gasteiger partial charge in [-0.25, -0.2) is 9.67 Å². The number of alkyl halides is 3. The van der Waals surface area contributed by atoms with E-state index in [1.165, 1.54) is 11.9 Å². The van der Waals surface area contributed by atoms with Crippen LogP contribution < -0.4 is 9.46 Å².